The van der Waals surface area contributed by atoms with E-state index >= 15 is 0 Å². The van der Waals surface area contributed by atoms with Gasteiger partial charge >= 0.3 is 0 Å². The summed E-state index contributed by atoms with van der Waals surface area (Å²) in [7, 11) is 0. The van der Waals surface area contributed by atoms with Crippen molar-refractivity contribution in [2.24, 2.45) is 0 Å². The molecule has 0 aliphatic carbocycles. The molecular formula is C42H50O7. The third kappa shape index (κ3) is 8.19. The van der Waals surface area contributed by atoms with Crippen LogP contribution < -0.4 is 9.47 Å². The van der Waals surface area contributed by atoms with Crippen molar-refractivity contribution in [3.63, 3.8) is 0 Å². The van der Waals surface area contributed by atoms with E-state index in [-0.39, 0.29) is 10.8 Å². The average molecular weight is 667 g/mol. The van der Waals surface area contributed by atoms with Gasteiger partial charge in [0.15, 0.2) is 0 Å². The van der Waals surface area contributed by atoms with Crippen molar-refractivity contribution in [3.05, 3.63) is 129 Å². The SMILES string of the molecule is CC(C)(C)c1cc(C(O)CCOCc2ccccc2)c2c(c1)C1Oc3c(C(O)CCOCc4ccccc4)cc(C(C)(C)C)cc3C(O2)O1. The molecule has 49 heavy (non-hydrogen) atoms. The number of benzene rings is 4. The summed E-state index contributed by atoms with van der Waals surface area (Å²) in [6.45, 7) is 14.6. The predicted molar refractivity (Wildman–Crippen MR) is 189 cm³/mol. The van der Waals surface area contributed by atoms with Crippen LogP contribution in [0.3, 0.4) is 0 Å². The van der Waals surface area contributed by atoms with Crippen LogP contribution in [0.5, 0.6) is 11.5 Å². The van der Waals surface area contributed by atoms with E-state index in [1.54, 1.807) is 0 Å². The molecule has 2 heterocycles. The minimum atomic E-state index is -0.820. The standard InChI is InChI=1S/C42H50O7/c1-41(2,3)29-21-31(35(43)17-19-45-25-27-13-9-7-10-14-27)37-33(23-29)39-48-38-32(36(44)18-20-46-26-28-15-11-8-12-16-28)22-30(42(4,5)6)24-34(38)40(47-37)49-39/h7-16,21-24,35-36,39-40,43-44H,17-20,25-26H2,1-6H3. The Morgan fingerprint density at radius 2 is 0.980 bits per heavy atom. The molecule has 4 aromatic rings. The van der Waals surface area contributed by atoms with Gasteiger partial charge < -0.3 is 29.2 Å². The van der Waals surface area contributed by atoms with E-state index in [1.807, 2.05) is 72.8 Å². The van der Waals surface area contributed by atoms with Crippen LogP contribution in [0.25, 0.3) is 0 Å². The fraction of sp³-hybridized carbons (Fsp3) is 0.429. The van der Waals surface area contributed by atoms with Crippen molar-refractivity contribution in [3.8, 4) is 11.5 Å². The highest BCUT2D eigenvalue weighted by atomic mass is 16.8. The Hall–Kier alpha value is -3.72. The van der Waals surface area contributed by atoms with Crippen LogP contribution in [0, 0.1) is 0 Å². The summed E-state index contributed by atoms with van der Waals surface area (Å²) >= 11 is 0. The molecular weight excluding hydrogens is 616 g/mol. The molecule has 0 amide bonds. The summed E-state index contributed by atoms with van der Waals surface area (Å²) in [6, 6.07) is 28.2. The van der Waals surface area contributed by atoms with Gasteiger partial charge in [0.05, 0.1) is 36.5 Å². The van der Waals surface area contributed by atoms with E-state index in [0.717, 1.165) is 33.4 Å². The Labute approximate surface area is 290 Å². The first-order valence-electron chi connectivity index (χ1n) is 17.3. The van der Waals surface area contributed by atoms with Crippen LogP contribution in [0.1, 0.15) is 124 Å². The smallest absolute Gasteiger partial charge is 0.233 e. The molecule has 2 aliphatic heterocycles. The summed E-state index contributed by atoms with van der Waals surface area (Å²) in [5, 5.41) is 23.2. The van der Waals surface area contributed by atoms with Gasteiger partial charge in [-0.1, -0.05) is 102 Å². The lowest BCUT2D eigenvalue weighted by Crippen LogP contribution is -2.33. The van der Waals surface area contributed by atoms with Crippen LogP contribution in [0.2, 0.25) is 0 Å². The molecule has 7 heteroatoms. The second kappa shape index (κ2) is 14.6. The van der Waals surface area contributed by atoms with Crippen molar-refractivity contribution in [2.45, 2.75) is 103 Å². The van der Waals surface area contributed by atoms with Gasteiger partial charge in [0.2, 0.25) is 12.6 Å². The van der Waals surface area contributed by atoms with Gasteiger partial charge in [0.25, 0.3) is 0 Å². The molecule has 4 unspecified atom stereocenters. The highest BCUT2D eigenvalue weighted by Gasteiger charge is 2.42. The Kier molecular flexibility index (Phi) is 10.5. The molecule has 260 valence electrons. The summed E-state index contributed by atoms with van der Waals surface area (Å²) in [5.41, 5.74) is 6.66. The van der Waals surface area contributed by atoms with Crippen LogP contribution in [0.4, 0.5) is 0 Å². The highest BCUT2D eigenvalue weighted by Crippen LogP contribution is 2.53. The first-order valence-corrected chi connectivity index (χ1v) is 17.3. The summed E-state index contributed by atoms with van der Waals surface area (Å²) < 4.78 is 31.6. The number of fused-ring (bicyclic) bond motifs is 6. The molecule has 0 radical (unpaired) electrons. The van der Waals surface area contributed by atoms with Crippen molar-refractivity contribution in [2.75, 3.05) is 13.2 Å². The third-order valence-electron chi connectivity index (χ3n) is 9.24. The molecule has 4 atom stereocenters. The lowest BCUT2D eigenvalue weighted by atomic mass is 9.82. The molecule has 4 aromatic carbocycles. The van der Waals surface area contributed by atoms with E-state index in [1.165, 1.54) is 0 Å². The van der Waals surface area contributed by atoms with Crippen LogP contribution in [0.15, 0.2) is 84.9 Å². The van der Waals surface area contributed by atoms with E-state index in [4.69, 9.17) is 23.7 Å². The summed E-state index contributed by atoms with van der Waals surface area (Å²) in [5.74, 6) is 1.15. The second-order valence-electron chi connectivity index (χ2n) is 15.2. The van der Waals surface area contributed by atoms with Crippen molar-refractivity contribution in [1.29, 1.82) is 0 Å². The van der Waals surface area contributed by atoms with Gasteiger partial charge in [-0.05, 0) is 57.3 Å². The van der Waals surface area contributed by atoms with Gasteiger partial charge in [-0.2, -0.15) is 0 Å². The van der Waals surface area contributed by atoms with Gasteiger partial charge in [0, 0.05) is 37.2 Å². The predicted octanol–water partition coefficient (Wildman–Crippen LogP) is 9.06. The largest absolute Gasteiger partial charge is 0.459 e. The number of hydrogen-bond donors (Lipinski definition) is 2. The molecule has 0 spiro atoms. The lowest BCUT2D eigenvalue weighted by molar-refractivity contribution is -0.228. The molecule has 2 N–H and O–H groups in total. The fourth-order valence-corrected chi connectivity index (χ4v) is 6.22. The highest BCUT2D eigenvalue weighted by molar-refractivity contribution is 5.54. The Bertz CT molecular complexity index is 1580. The summed E-state index contributed by atoms with van der Waals surface area (Å²) in [6.07, 6.45) is -2.38. The number of ether oxygens (including phenoxy) is 5. The number of hydrogen-bond acceptors (Lipinski definition) is 7. The van der Waals surface area contributed by atoms with Crippen molar-refractivity contribution in [1.82, 2.24) is 0 Å². The average Bonchev–Trinajstić information content (AvgIpc) is 3.08. The Morgan fingerprint density at radius 1 is 0.592 bits per heavy atom. The molecule has 7 nitrogen and oxygen atoms in total. The van der Waals surface area contributed by atoms with Gasteiger partial charge in [0.1, 0.15) is 11.5 Å². The Morgan fingerprint density at radius 3 is 1.35 bits per heavy atom. The van der Waals surface area contributed by atoms with Gasteiger partial charge in [-0.15, -0.1) is 0 Å². The molecule has 0 aromatic heterocycles. The van der Waals surface area contributed by atoms with Crippen LogP contribution in [-0.4, -0.2) is 23.4 Å². The zero-order chi connectivity index (χ0) is 34.8. The minimum absolute atomic E-state index is 0.209. The van der Waals surface area contributed by atoms with Crippen LogP contribution in [-0.2, 0) is 38.3 Å². The van der Waals surface area contributed by atoms with Crippen molar-refractivity contribution >= 4 is 0 Å². The maximum atomic E-state index is 11.6. The Balaban J connectivity index is 1.27. The second-order valence-corrected chi connectivity index (χ2v) is 15.2. The summed E-state index contributed by atoms with van der Waals surface area (Å²) in [4.78, 5) is 0. The molecule has 0 saturated heterocycles. The fourth-order valence-electron chi connectivity index (χ4n) is 6.22. The number of aliphatic hydroxyl groups is 2. The maximum absolute atomic E-state index is 11.6. The maximum Gasteiger partial charge on any atom is 0.233 e. The monoisotopic (exact) mass is 666 g/mol. The van der Waals surface area contributed by atoms with Gasteiger partial charge in [-0.25, -0.2) is 0 Å². The van der Waals surface area contributed by atoms with E-state index < -0.39 is 24.8 Å². The zero-order valence-corrected chi connectivity index (χ0v) is 29.6. The lowest BCUT2D eigenvalue weighted by Gasteiger charge is -2.41. The number of rotatable bonds is 12. The van der Waals surface area contributed by atoms with E-state index in [0.29, 0.717) is 61.9 Å². The quantitative estimate of drug-likeness (QED) is 0.146. The zero-order valence-electron chi connectivity index (χ0n) is 29.6. The molecule has 0 fully saturated rings. The topological polar surface area (TPSA) is 86.6 Å². The first-order chi connectivity index (χ1) is 23.4. The molecule has 2 aliphatic rings. The number of aliphatic hydroxyl groups excluding tert-OH is 2. The third-order valence-corrected chi connectivity index (χ3v) is 9.24. The van der Waals surface area contributed by atoms with E-state index in [2.05, 4.69) is 53.7 Å². The minimum Gasteiger partial charge on any atom is -0.459 e. The van der Waals surface area contributed by atoms with Crippen LogP contribution >= 0.6 is 0 Å². The normalized spacial score (nSPS) is 18.1. The van der Waals surface area contributed by atoms with Crippen molar-refractivity contribution < 1.29 is 33.9 Å². The molecule has 0 saturated carbocycles. The molecule has 6 rings (SSSR count). The molecule has 2 bridgehead atoms. The van der Waals surface area contributed by atoms with Gasteiger partial charge in [-0.3, -0.25) is 4.74 Å². The van der Waals surface area contributed by atoms with E-state index in [9.17, 15) is 10.2 Å². The first kappa shape index (κ1) is 35.1.